The van der Waals surface area contributed by atoms with Gasteiger partial charge < -0.3 is 5.11 Å². The topological polar surface area (TPSA) is 37.3 Å². The van der Waals surface area contributed by atoms with Gasteiger partial charge in [0.05, 0.1) is 0 Å². The Morgan fingerprint density at radius 2 is 1.88 bits per heavy atom. The van der Waals surface area contributed by atoms with E-state index >= 15 is 0 Å². The fourth-order valence-corrected chi connectivity index (χ4v) is 2.43. The van der Waals surface area contributed by atoms with Crippen LogP contribution >= 0.6 is 0 Å². The van der Waals surface area contributed by atoms with Gasteiger partial charge in [-0.15, -0.1) is 0 Å². The molecule has 0 radical (unpaired) electrons. The first kappa shape index (κ1) is 12.1. The Morgan fingerprint density at radius 3 is 2.53 bits per heavy atom. The normalized spacial score (nSPS) is 14.4. The van der Waals surface area contributed by atoms with Crippen molar-refractivity contribution in [2.75, 3.05) is 0 Å². The van der Waals surface area contributed by atoms with E-state index in [1.807, 2.05) is 6.07 Å². The molecule has 0 spiro atoms. The number of fused-ring (bicyclic) bond motifs is 1. The molecule has 0 bridgehead atoms. The Hall–Kier alpha value is -1.38. The molecule has 2 nitrogen and oxygen atoms in total. The van der Waals surface area contributed by atoms with Gasteiger partial charge in [-0.1, -0.05) is 6.07 Å². The summed E-state index contributed by atoms with van der Waals surface area (Å²) in [5.74, 6) is -0.987. The Morgan fingerprint density at radius 1 is 1.24 bits per heavy atom. The molecule has 0 fully saturated rings. The number of hydrogen-bond donors (Lipinski definition) is 1. The second kappa shape index (κ2) is 5.30. The third-order valence-electron chi connectivity index (χ3n) is 3.35. The third kappa shape index (κ3) is 3.05. The van der Waals surface area contributed by atoms with Gasteiger partial charge in [0.1, 0.15) is 5.82 Å². The van der Waals surface area contributed by atoms with E-state index in [0.29, 0.717) is 18.4 Å². The number of benzene rings is 1. The van der Waals surface area contributed by atoms with Gasteiger partial charge in [-0.25, -0.2) is 4.39 Å². The predicted octanol–water partition coefficient (Wildman–Crippen LogP) is 3.11. The molecule has 0 heterocycles. The molecule has 0 atom stereocenters. The minimum atomic E-state index is -0.816. The fraction of sp³-hybridized carbons (Fsp3) is 0.500. The molecule has 1 aromatic rings. The molecule has 2 rings (SSSR count). The lowest BCUT2D eigenvalue weighted by molar-refractivity contribution is -0.137. The fourth-order valence-electron chi connectivity index (χ4n) is 2.43. The molecule has 17 heavy (non-hydrogen) atoms. The number of hydrogen-bond acceptors (Lipinski definition) is 1. The Kier molecular flexibility index (Phi) is 3.77. The smallest absolute Gasteiger partial charge is 0.303 e. The van der Waals surface area contributed by atoms with Gasteiger partial charge >= 0.3 is 5.97 Å². The number of aliphatic carboxylic acids is 1. The maximum atomic E-state index is 13.8. The average molecular weight is 236 g/mol. The summed E-state index contributed by atoms with van der Waals surface area (Å²) in [5, 5.41) is 8.56. The summed E-state index contributed by atoms with van der Waals surface area (Å²) >= 11 is 0. The van der Waals surface area contributed by atoms with Crippen molar-refractivity contribution in [2.45, 2.75) is 44.9 Å². The predicted molar refractivity (Wildman–Crippen MR) is 63.6 cm³/mol. The van der Waals surface area contributed by atoms with E-state index in [0.717, 1.165) is 24.8 Å². The lowest BCUT2D eigenvalue weighted by Crippen LogP contribution is -2.06. The van der Waals surface area contributed by atoms with E-state index < -0.39 is 5.97 Å². The van der Waals surface area contributed by atoms with Crippen molar-refractivity contribution in [1.82, 2.24) is 0 Å². The molecule has 0 saturated carbocycles. The second-order valence-corrected chi connectivity index (χ2v) is 4.67. The minimum Gasteiger partial charge on any atom is -0.481 e. The highest BCUT2D eigenvalue weighted by molar-refractivity contribution is 5.66. The Balaban J connectivity index is 2.09. The van der Waals surface area contributed by atoms with Crippen LogP contribution in [0.15, 0.2) is 12.1 Å². The summed E-state index contributed by atoms with van der Waals surface area (Å²) in [6.07, 6.45) is 5.45. The maximum Gasteiger partial charge on any atom is 0.303 e. The van der Waals surface area contributed by atoms with Gasteiger partial charge in [-0.3, -0.25) is 4.79 Å². The van der Waals surface area contributed by atoms with Crippen LogP contribution in [0.1, 0.15) is 42.4 Å². The quantitative estimate of drug-likeness (QED) is 0.872. The molecular formula is C14H17FO2. The van der Waals surface area contributed by atoms with E-state index in [4.69, 9.17) is 5.11 Å². The number of carboxylic acids is 1. The monoisotopic (exact) mass is 236 g/mol. The van der Waals surface area contributed by atoms with Crippen LogP contribution in [0.25, 0.3) is 0 Å². The molecule has 0 saturated heterocycles. The standard InChI is InChI=1S/C14H17FO2/c15-13-9-11-5-2-1-4-10(11)8-12(13)6-3-7-14(16)17/h8-9H,1-7H2,(H,16,17). The first-order chi connectivity index (χ1) is 8.16. The van der Waals surface area contributed by atoms with Gasteiger partial charge in [0, 0.05) is 6.42 Å². The van der Waals surface area contributed by atoms with Gasteiger partial charge in [0.2, 0.25) is 0 Å². The molecule has 0 aromatic heterocycles. The maximum absolute atomic E-state index is 13.8. The van der Waals surface area contributed by atoms with E-state index in [1.165, 1.54) is 12.0 Å². The van der Waals surface area contributed by atoms with Crippen LogP contribution in [0.5, 0.6) is 0 Å². The van der Waals surface area contributed by atoms with Gasteiger partial charge in [-0.2, -0.15) is 0 Å². The molecule has 0 amide bonds. The molecular weight excluding hydrogens is 219 g/mol. The average Bonchev–Trinajstić information content (AvgIpc) is 2.29. The van der Waals surface area contributed by atoms with Crippen LogP contribution in [-0.4, -0.2) is 11.1 Å². The molecule has 0 unspecified atom stereocenters. The summed E-state index contributed by atoms with van der Waals surface area (Å²) in [4.78, 5) is 10.4. The summed E-state index contributed by atoms with van der Waals surface area (Å²) < 4.78 is 13.8. The van der Waals surface area contributed by atoms with Crippen LogP contribution in [0.3, 0.4) is 0 Å². The lowest BCUT2D eigenvalue weighted by Gasteiger charge is -2.17. The Bertz CT molecular complexity index is 426. The van der Waals surface area contributed by atoms with Crippen LogP contribution < -0.4 is 0 Å². The van der Waals surface area contributed by atoms with Crippen LogP contribution in [0.4, 0.5) is 4.39 Å². The lowest BCUT2D eigenvalue weighted by atomic mass is 9.89. The van der Waals surface area contributed by atoms with Crippen molar-refractivity contribution in [3.63, 3.8) is 0 Å². The molecule has 3 heteroatoms. The van der Waals surface area contributed by atoms with Crippen LogP contribution in [-0.2, 0) is 24.1 Å². The van der Waals surface area contributed by atoms with Crippen molar-refractivity contribution in [1.29, 1.82) is 0 Å². The molecule has 1 aliphatic carbocycles. The van der Waals surface area contributed by atoms with Crippen LogP contribution in [0, 0.1) is 5.82 Å². The zero-order chi connectivity index (χ0) is 12.3. The summed E-state index contributed by atoms with van der Waals surface area (Å²) in [6.45, 7) is 0. The first-order valence-electron chi connectivity index (χ1n) is 6.19. The minimum absolute atomic E-state index is 0.108. The van der Waals surface area contributed by atoms with Crippen molar-refractivity contribution in [3.8, 4) is 0 Å². The number of rotatable bonds is 4. The summed E-state index contributed by atoms with van der Waals surface area (Å²) in [5.41, 5.74) is 3.06. The van der Waals surface area contributed by atoms with E-state index in [-0.39, 0.29) is 12.2 Å². The second-order valence-electron chi connectivity index (χ2n) is 4.67. The van der Waals surface area contributed by atoms with Gasteiger partial charge in [0.15, 0.2) is 0 Å². The van der Waals surface area contributed by atoms with Crippen molar-refractivity contribution in [3.05, 3.63) is 34.6 Å². The first-order valence-corrected chi connectivity index (χ1v) is 6.19. The highest BCUT2D eigenvalue weighted by Crippen LogP contribution is 2.25. The summed E-state index contributed by atoms with van der Waals surface area (Å²) in [6, 6.07) is 3.58. The zero-order valence-corrected chi connectivity index (χ0v) is 9.84. The number of carbonyl (C=O) groups is 1. The van der Waals surface area contributed by atoms with Crippen molar-refractivity contribution in [2.24, 2.45) is 0 Å². The zero-order valence-electron chi connectivity index (χ0n) is 9.84. The number of aryl methyl sites for hydroxylation is 3. The van der Waals surface area contributed by atoms with Gasteiger partial charge in [0.25, 0.3) is 0 Å². The van der Waals surface area contributed by atoms with Crippen LogP contribution in [0.2, 0.25) is 0 Å². The molecule has 92 valence electrons. The summed E-state index contributed by atoms with van der Waals surface area (Å²) in [7, 11) is 0. The Labute approximate surface area is 100 Å². The van der Waals surface area contributed by atoms with E-state index in [2.05, 4.69) is 0 Å². The number of halogens is 1. The molecule has 1 N–H and O–H groups in total. The third-order valence-corrected chi connectivity index (χ3v) is 3.35. The SMILES string of the molecule is O=C(O)CCCc1cc2c(cc1F)CCCC2. The molecule has 1 aromatic carbocycles. The van der Waals surface area contributed by atoms with Gasteiger partial charge in [-0.05, 0) is 61.3 Å². The molecule has 0 aliphatic heterocycles. The highest BCUT2D eigenvalue weighted by Gasteiger charge is 2.13. The van der Waals surface area contributed by atoms with Crippen molar-refractivity contribution < 1.29 is 14.3 Å². The largest absolute Gasteiger partial charge is 0.481 e. The molecule has 1 aliphatic rings. The van der Waals surface area contributed by atoms with Crippen molar-refractivity contribution >= 4 is 5.97 Å². The van der Waals surface area contributed by atoms with E-state index in [1.54, 1.807) is 6.07 Å². The van der Waals surface area contributed by atoms with E-state index in [9.17, 15) is 9.18 Å². The highest BCUT2D eigenvalue weighted by atomic mass is 19.1. The number of carboxylic acid groups (broad SMARTS) is 1.